The minimum atomic E-state index is -0.695. The molecule has 3 aliphatic heterocycles. The number of aromatic nitrogens is 1. The predicted molar refractivity (Wildman–Crippen MR) is 139 cm³/mol. The van der Waals surface area contributed by atoms with E-state index in [1.165, 1.54) is 0 Å². The summed E-state index contributed by atoms with van der Waals surface area (Å²) in [4.78, 5) is 39.8. The van der Waals surface area contributed by atoms with Crippen LogP contribution in [0.2, 0.25) is 0 Å². The summed E-state index contributed by atoms with van der Waals surface area (Å²) in [7, 11) is 0. The number of likely N-dealkylation sites (tertiary alicyclic amines) is 1. The van der Waals surface area contributed by atoms with Crippen LogP contribution in [0.3, 0.4) is 0 Å². The smallest absolute Gasteiger partial charge is 0.410 e. The van der Waals surface area contributed by atoms with Crippen molar-refractivity contribution >= 4 is 34.6 Å². The molecule has 3 aliphatic rings. The first kappa shape index (κ1) is 24.4. The summed E-state index contributed by atoms with van der Waals surface area (Å²) in [5.41, 5.74) is 2.70. The van der Waals surface area contributed by atoms with E-state index in [-0.39, 0.29) is 31.1 Å². The predicted octanol–water partition coefficient (Wildman–Crippen LogP) is 3.80. The highest BCUT2D eigenvalue weighted by molar-refractivity contribution is 6.09. The Morgan fingerprint density at radius 2 is 1.74 bits per heavy atom. The molecule has 4 amide bonds. The number of imide groups is 1. The molecule has 38 heavy (non-hydrogen) atoms. The van der Waals surface area contributed by atoms with Crippen LogP contribution in [-0.4, -0.2) is 66.1 Å². The number of benzene rings is 2. The third-order valence-electron chi connectivity index (χ3n) is 7.54. The average molecular weight is 519 g/mol. The van der Waals surface area contributed by atoms with E-state index in [2.05, 4.69) is 9.88 Å². The molecule has 198 valence electrons. The molecule has 3 aromatic rings. The lowest BCUT2D eigenvalue weighted by molar-refractivity contribution is -0.293. The van der Waals surface area contributed by atoms with Crippen molar-refractivity contribution in [3.8, 4) is 0 Å². The molecule has 0 unspecified atom stereocenters. The molecule has 2 aromatic carbocycles. The Kier molecular flexibility index (Phi) is 6.50. The van der Waals surface area contributed by atoms with Gasteiger partial charge in [-0.3, -0.25) is 15.0 Å². The van der Waals surface area contributed by atoms with Crippen LogP contribution in [0.4, 0.5) is 15.3 Å². The Labute approximate surface area is 220 Å². The summed E-state index contributed by atoms with van der Waals surface area (Å²) in [6.45, 7) is 2.58. The van der Waals surface area contributed by atoms with Crippen LogP contribution in [-0.2, 0) is 25.6 Å². The molecule has 0 saturated carbocycles. The van der Waals surface area contributed by atoms with Crippen molar-refractivity contribution in [1.82, 2.24) is 14.8 Å². The highest BCUT2D eigenvalue weighted by atomic mass is 16.7. The molecule has 10 heteroatoms. The maximum absolute atomic E-state index is 12.5. The number of fused-ring (bicyclic) bond motifs is 1. The van der Waals surface area contributed by atoms with Gasteiger partial charge in [-0.2, -0.15) is 0 Å². The van der Waals surface area contributed by atoms with Gasteiger partial charge >= 0.3 is 12.1 Å². The number of anilines is 1. The van der Waals surface area contributed by atoms with Crippen LogP contribution in [0.1, 0.15) is 30.9 Å². The van der Waals surface area contributed by atoms with Gasteiger partial charge in [0.15, 0.2) is 5.79 Å². The fourth-order valence-electron chi connectivity index (χ4n) is 5.40. The Morgan fingerprint density at radius 1 is 0.974 bits per heavy atom. The number of carbonyl (C=O) groups excluding carboxylic acids is 3. The van der Waals surface area contributed by atoms with Crippen molar-refractivity contribution in [2.24, 2.45) is 0 Å². The summed E-state index contributed by atoms with van der Waals surface area (Å²) < 4.78 is 20.2. The largest absolute Gasteiger partial charge is 0.445 e. The Hall–Kier alpha value is -3.89. The van der Waals surface area contributed by atoms with E-state index in [4.69, 9.17) is 14.2 Å². The van der Waals surface area contributed by atoms with Crippen LogP contribution in [0.25, 0.3) is 10.9 Å². The third kappa shape index (κ3) is 4.72. The normalized spacial score (nSPS) is 20.1. The molecule has 0 bridgehead atoms. The molecule has 1 aromatic heterocycles. The molecule has 0 aliphatic carbocycles. The molecule has 0 atom stereocenters. The molecule has 4 heterocycles. The van der Waals surface area contributed by atoms with Crippen LogP contribution in [0, 0.1) is 0 Å². The minimum Gasteiger partial charge on any atom is -0.445 e. The zero-order valence-corrected chi connectivity index (χ0v) is 21.0. The molecule has 6 rings (SSSR count). The number of hydrogen-bond donors (Lipinski definition) is 1. The number of carbonyl (C=O) groups is 3. The van der Waals surface area contributed by atoms with E-state index in [0.29, 0.717) is 45.7 Å². The van der Waals surface area contributed by atoms with Crippen molar-refractivity contribution in [2.75, 3.05) is 37.7 Å². The SMILES string of the molecule is O=C1CCN(c2cccc3c2ccn3C2COC3(CCN(C(=O)OCc4ccccc4)CC3)OC2)C(=O)N1. The number of ether oxygens (including phenoxy) is 3. The van der Waals surface area contributed by atoms with Gasteiger partial charge in [0.1, 0.15) is 6.61 Å². The molecule has 3 saturated heterocycles. The molecule has 0 radical (unpaired) electrons. The van der Waals surface area contributed by atoms with Crippen molar-refractivity contribution in [2.45, 2.75) is 37.7 Å². The quantitative estimate of drug-likeness (QED) is 0.564. The Balaban J connectivity index is 1.06. The number of rotatable bonds is 4. The van der Waals surface area contributed by atoms with E-state index >= 15 is 0 Å². The zero-order valence-electron chi connectivity index (χ0n) is 21.0. The highest BCUT2D eigenvalue weighted by Crippen LogP contribution is 2.36. The second-order valence-electron chi connectivity index (χ2n) is 9.90. The van der Waals surface area contributed by atoms with Crippen LogP contribution in [0.5, 0.6) is 0 Å². The van der Waals surface area contributed by atoms with Gasteiger partial charge in [0.05, 0.1) is 30.5 Å². The van der Waals surface area contributed by atoms with Gasteiger partial charge in [-0.15, -0.1) is 0 Å². The number of piperidine rings is 1. The molecular weight excluding hydrogens is 488 g/mol. The van der Waals surface area contributed by atoms with Crippen molar-refractivity contribution in [1.29, 1.82) is 0 Å². The average Bonchev–Trinajstić information content (AvgIpc) is 3.38. The fraction of sp³-hybridized carbons (Fsp3) is 0.393. The molecule has 1 spiro atoms. The van der Waals surface area contributed by atoms with Gasteiger partial charge in [0, 0.05) is 50.5 Å². The number of amides is 4. The summed E-state index contributed by atoms with van der Waals surface area (Å²) in [5.74, 6) is -0.949. The standard InChI is InChI=1S/C28H30N4O6/c33-25-10-14-32(26(34)29-25)24-8-4-7-23-22(24)9-13-31(23)21-18-37-28(38-19-21)11-15-30(16-12-28)27(35)36-17-20-5-2-1-3-6-20/h1-9,13,21H,10-12,14-19H2,(H,29,33,34). The van der Waals surface area contributed by atoms with E-state index < -0.39 is 11.8 Å². The lowest BCUT2D eigenvalue weighted by Gasteiger charge is -2.45. The summed E-state index contributed by atoms with van der Waals surface area (Å²) in [5, 5.41) is 3.32. The summed E-state index contributed by atoms with van der Waals surface area (Å²) in [6, 6.07) is 17.0. The maximum Gasteiger partial charge on any atom is 0.410 e. The van der Waals surface area contributed by atoms with Crippen LogP contribution < -0.4 is 10.2 Å². The van der Waals surface area contributed by atoms with E-state index in [1.54, 1.807) is 9.80 Å². The van der Waals surface area contributed by atoms with Gasteiger partial charge in [-0.25, -0.2) is 9.59 Å². The minimum absolute atomic E-state index is 0.0287. The van der Waals surface area contributed by atoms with E-state index in [0.717, 1.165) is 22.2 Å². The van der Waals surface area contributed by atoms with Gasteiger partial charge in [-0.1, -0.05) is 36.4 Å². The molecule has 10 nitrogen and oxygen atoms in total. The van der Waals surface area contributed by atoms with Crippen LogP contribution >= 0.6 is 0 Å². The van der Waals surface area contributed by atoms with E-state index in [9.17, 15) is 14.4 Å². The van der Waals surface area contributed by atoms with E-state index in [1.807, 2.05) is 60.8 Å². The summed E-state index contributed by atoms with van der Waals surface area (Å²) in [6.07, 6.45) is 3.11. The van der Waals surface area contributed by atoms with Gasteiger partial charge in [0.2, 0.25) is 5.91 Å². The Morgan fingerprint density at radius 3 is 2.47 bits per heavy atom. The first-order valence-corrected chi connectivity index (χ1v) is 13.0. The summed E-state index contributed by atoms with van der Waals surface area (Å²) >= 11 is 0. The highest BCUT2D eigenvalue weighted by Gasteiger charge is 2.42. The second-order valence-corrected chi connectivity index (χ2v) is 9.90. The first-order chi connectivity index (χ1) is 18.5. The molecule has 1 N–H and O–H groups in total. The van der Waals surface area contributed by atoms with Crippen molar-refractivity contribution in [3.63, 3.8) is 0 Å². The topological polar surface area (TPSA) is 102 Å². The number of nitrogens with one attached hydrogen (secondary N) is 1. The zero-order chi connectivity index (χ0) is 26.1. The van der Waals surface area contributed by atoms with Crippen molar-refractivity contribution < 1.29 is 28.6 Å². The maximum atomic E-state index is 12.5. The van der Waals surface area contributed by atoms with Crippen LogP contribution in [0.15, 0.2) is 60.8 Å². The fourth-order valence-corrected chi connectivity index (χ4v) is 5.40. The van der Waals surface area contributed by atoms with Gasteiger partial charge < -0.3 is 23.7 Å². The van der Waals surface area contributed by atoms with Crippen molar-refractivity contribution in [3.05, 3.63) is 66.4 Å². The lowest BCUT2D eigenvalue weighted by atomic mass is 10.0. The van der Waals surface area contributed by atoms with Gasteiger partial charge in [0.25, 0.3) is 0 Å². The lowest BCUT2D eigenvalue weighted by Crippen LogP contribution is -2.53. The molecule has 3 fully saturated rings. The number of urea groups is 1. The second kappa shape index (κ2) is 10.1. The first-order valence-electron chi connectivity index (χ1n) is 13.0. The number of hydrogen-bond acceptors (Lipinski definition) is 6. The monoisotopic (exact) mass is 518 g/mol. The molecular formula is C28H30N4O6. The number of nitrogens with zero attached hydrogens (tertiary/aromatic N) is 3. The third-order valence-corrected chi connectivity index (χ3v) is 7.54. The van der Waals surface area contributed by atoms with Gasteiger partial charge in [-0.05, 0) is 23.8 Å². The Bertz CT molecular complexity index is 1340.